The molecule has 0 fully saturated rings. The van der Waals surface area contributed by atoms with E-state index in [0.717, 1.165) is 77.4 Å². The number of nitrogens with one attached hydrogen (secondary N) is 5. The largest absolute Gasteiger partial charge is 0.506 e. The van der Waals surface area contributed by atoms with Gasteiger partial charge in [0.15, 0.2) is 11.3 Å². The molecule has 14 nitrogen and oxygen atoms in total. The molecule has 2 unspecified atom stereocenters. The van der Waals surface area contributed by atoms with E-state index >= 15 is 4.79 Å². The number of benzene rings is 8. The number of hydrogen-bond donors (Lipinski definition) is 6. The number of carbonyl (C=O) groups excluding carboxylic acids is 5. The van der Waals surface area contributed by atoms with Crippen LogP contribution < -0.4 is 46.6 Å². The second-order valence-corrected chi connectivity index (χ2v) is 20.5. The number of anilines is 3. The molecule has 8 aromatic rings. The Hall–Kier alpha value is -9.56. The Morgan fingerprint density at radius 2 is 1.09 bits per heavy atom. The number of fused-ring (bicyclic) bond motifs is 10. The molecule has 2 aliphatic heterocycles. The summed E-state index contributed by atoms with van der Waals surface area (Å²) >= 11 is 0. The number of amides is 4. The molecular weight excluding hydrogens is 981 g/mol. The van der Waals surface area contributed by atoms with Crippen LogP contribution in [0.3, 0.4) is 0 Å². The third kappa shape index (κ3) is 7.68. The number of Topliss-reactive ketones (excluding diaryl/α,β-unsaturated/α-hetero) is 1. The summed E-state index contributed by atoms with van der Waals surface area (Å²) in [5, 5.41) is 33.6. The Labute approximate surface area is 447 Å². The summed E-state index contributed by atoms with van der Waals surface area (Å²) in [7, 11) is 0. The second kappa shape index (κ2) is 18.6. The molecule has 2 heterocycles. The van der Waals surface area contributed by atoms with E-state index in [1.54, 1.807) is 0 Å². The average Bonchev–Trinajstić information content (AvgIpc) is 3.64. The predicted molar refractivity (Wildman–Crippen MR) is 299 cm³/mol. The highest BCUT2D eigenvalue weighted by atomic mass is 16.5. The van der Waals surface area contributed by atoms with E-state index < -0.39 is 11.3 Å². The Kier molecular flexibility index (Phi) is 11.5. The number of aliphatic hydroxyl groups excluding tert-OH is 1. The SMILES string of the molecule is CC(=O)NC(=O)CCCCOc1ccc2c(c1)C1(N=c3c(=C4C(=O)C(c5ccc6cccc7c6c5NC5(N7)c6ccccc6-c6ccc(OCCCCC(=O)NC(C)=O)cc65)=C4O)ccc4cccc(c34)N1)c1ccccc1-2. The zero-order valence-electron chi connectivity index (χ0n) is 42.8. The van der Waals surface area contributed by atoms with Crippen molar-refractivity contribution in [2.24, 2.45) is 4.99 Å². The number of nitrogens with zero attached hydrogens (tertiary/aromatic N) is 1. The maximum atomic E-state index is 15.3. The molecule has 14 heteroatoms. The molecule has 4 amide bonds. The van der Waals surface area contributed by atoms with Gasteiger partial charge >= 0.3 is 0 Å². The highest BCUT2D eigenvalue weighted by molar-refractivity contribution is 6.52. The van der Waals surface area contributed by atoms with Crippen molar-refractivity contribution in [3.05, 3.63) is 190 Å². The van der Waals surface area contributed by atoms with Gasteiger partial charge in [-0.2, -0.15) is 0 Å². The summed E-state index contributed by atoms with van der Waals surface area (Å²) in [6.07, 6.45) is 2.76. The molecule has 0 bridgehead atoms. The zero-order valence-corrected chi connectivity index (χ0v) is 42.8. The van der Waals surface area contributed by atoms with E-state index in [9.17, 15) is 24.3 Å². The number of imide groups is 2. The van der Waals surface area contributed by atoms with Gasteiger partial charge in [0.2, 0.25) is 29.4 Å². The van der Waals surface area contributed by atoms with Crippen LogP contribution in [0.4, 0.5) is 17.1 Å². The topological polar surface area (TPSA) is 197 Å². The molecule has 6 N–H and O–H groups in total. The predicted octanol–water partition coefficient (Wildman–Crippen LogP) is 9.77. The zero-order chi connectivity index (χ0) is 53.5. The number of carbonyl (C=O) groups is 5. The fourth-order valence-corrected chi connectivity index (χ4v) is 12.2. The lowest BCUT2D eigenvalue weighted by atomic mass is 9.79. The van der Waals surface area contributed by atoms with Gasteiger partial charge in [-0.3, -0.25) is 34.6 Å². The van der Waals surface area contributed by atoms with E-state index in [0.29, 0.717) is 72.2 Å². The molecule has 2 spiro atoms. The molecule has 5 aliphatic rings. The first-order valence-electron chi connectivity index (χ1n) is 26.3. The number of unbranched alkanes of at least 4 members (excludes halogenated alkanes) is 2. The van der Waals surface area contributed by atoms with E-state index in [1.165, 1.54) is 13.8 Å². The molecule has 0 aromatic heterocycles. The number of aliphatic hydroxyl groups is 1. The second-order valence-electron chi connectivity index (χ2n) is 20.5. The molecule has 8 aromatic carbocycles. The molecule has 2 atom stereocenters. The van der Waals surface area contributed by atoms with Gasteiger partial charge in [-0.05, 0) is 95.1 Å². The highest BCUT2D eigenvalue weighted by Gasteiger charge is 2.49. The van der Waals surface area contributed by atoms with Crippen molar-refractivity contribution in [2.45, 2.75) is 63.7 Å². The standard InChI is InChI=1S/C64H52N6O8/c1-35(71)65-53(73)21-7-9-31-77-39-25-29-43-41-15-3-5-17-47(41)63(49(43)33-39)67-51-19-11-13-37-23-27-45(59(69-63)55(37)51)57-61(75)58(62(57)76)46-28-24-38-14-12-20-52-56(38)60(46)70-64(68-52)48-18-6-4-16-42(48)44-30-26-40(34-50(44)64)78-32-10-8-22-54(74)66-36(2)72/h3-6,11-20,23-30,33-34,67-69,75H,7-10,21-22,31-32H2,1-2H3,(H,65,71,73)(H,66,72,74). The van der Waals surface area contributed by atoms with Crippen LogP contribution >= 0.6 is 0 Å². The highest BCUT2D eigenvalue weighted by Crippen LogP contribution is 2.56. The van der Waals surface area contributed by atoms with Crippen LogP contribution in [0.25, 0.3) is 54.9 Å². The lowest BCUT2D eigenvalue weighted by Gasteiger charge is -2.41. The number of rotatable bonds is 13. The van der Waals surface area contributed by atoms with Gasteiger partial charge in [0.1, 0.15) is 17.3 Å². The summed E-state index contributed by atoms with van der Waals surface area (Å²) in [6, 6.07) is 48.3. The molecular formula is C64H52N6O8. The van der Waals surface area contributed by atoms with Crippen molar-refractivity contribution in [1.29, 1.82) is 0 Å². The summed E-state index contributed by atoms with van der Waals surface area (Å²) in [5.41, 5.74) is 8.86. The first-order chi connectivity index (χ1) is 37.9. The molecule has 0 saturated heterocycles. The minimum Gasteiger partial charge on any atom is -0.506 e. The summed E-state index contributed by atoms with van der Waals surface area (Å²) in [6.45, 7) is 3.36. The lowest BCUT2D eigenvalue weighted by Crippen LogP contribution is -2.45. The maximum Gasteiger partial charge on any atom is 0.226 e. The third-order valence-electron chi connectivity index (χ3n) is 15.5. The number of ketones is 1. The van der Waals surface area contributed by atoms with Gasteiger partial charge in [-0.15, -0.1) is 0 Å². The van der Waals surface area contributed by atoms with E-state index in [-0.39, 0.29) is 59.2 Å². The first-order valence-corrected chi connectivity index (χ1v) is 26.3. The van der Waals surface area contributed by atoms with Crippen LogP contribution in [-0.2, 0) is 35.3 Å². The molecule has 78 heavy (non-hydrogen) atoms. The number of allylic oxidation sites excluding steroid dienone is 2. The maximum absolute atomic E-state index is 15.3. The average molecular weight is 1030 g/mol. The Morgan fingerprint density at radius 3 is 1.74 bits per heavy atom. The molecule has 0 radical (unpaired) electrons. The summed E-state index contributed by atoms with van der Waals surface area (Å²) in [5.74, 6) is -0.535. The summed E-state index contributed by atoms with van der Waals surface area (Å²) < 4.78 is 12.6. The summed E-state index contributed by atoms with van der Waals surface area (Å²) in [4.78, 5) is 67.8. The first kappa shape index (κ1) is 48.1. The van der Waals surface area contributed by atoms with Crippen molar-refractivity contribution < 1.29 is 38.6 Å². The molecule has 3 aliphatic carbocycles. The molecule has 0 saturated carbocycles. The van der Waals surface area contributed by atoms with Gasteiger partial charge in [-0.25, -0.2) is 4.99 Å². The van der Waals surface area contributed by atoms with Crippen LogP contribution in [0.1, 0.15) is 80.2 Å². The fraction of sp³-hybridized carbons (Fsp3) is 0.188. The number of ether oxygens (including phenoxy) is 2. The molecule has 386 valence electrons. The minimum atomic E-state index is -1.14. The van der Waals surface area contributed by atoms with Gasteiger partial charge in [-0.1, -0.05) is 109 Å². The van der Waals surface area contributed by atoms with Gasteiger partial charge in [0.05, 0.1) is 35.4 Å². The Bertz CT molecular complexity index is 4150. The van der Waals surface area contributed by atoms with Crippen LogP contribution in [-0.4, -0.2) is 47.7 Å². The van der Waals surface area contributed by atoms with Crippen molar-refractivity contribution in [1.82, 2.24) is 10.6 Å². The minimum absolute atomic E-state index is 0.123. The van der Waals surface area contributed by atoms with Crippen molar-refractivity contribution in [3.8, 4) is 33.8 Å². The van der Waals surface area contributed by atoms with Crippen molar-refractivity contribution >= 4 is 79.2 Å². The van der Waals surface area contributed by atoms with Crippen molar-refractivity contribution in [2.75, 3.05) is 29.2 Å². The monoisotopic (exact) mass is 1030 g/mol. The normalized spacial score (nSPS) is 18.2. The molecule has 13 rings (SSSR count). The van der Waals surface area contributed by atoms with Crippen LogP contribution in [0.2, 0.25) is 0 Å². The van der Waals surface area contributed by atoms with Crippen LogP contribution in [0, 0.1) is 0 Å². The Morgan fingerprint density at radius 1 is 0.538 bits per heavy atom. The van der Waals surface area contributed by atoms with Crippen molar-refractivity contribution in [3.63, 3.8) is 0 Å². The van der Waals surface area contributed by atoms with E-state index in [1.807, 2.05) is 115 Å². The van der Waals surface area contributed by atoms with E-state index in [2.05, 4.69) is 56.9 Å². The van der Waals surface area contributed by atoms with Gasteiger partial charge < -0.3 is 30.5 Å². The van der Waals surface area contributed by atoms with Gasteiger partial charge in [0.25, 0.3) is 0 Å². The smallest absolute Gasteiger partial charge is 0.226 e. The third-order valence-corrected chi connectivity index (χ3v) is 15.5. The van der Waals surface area contributed by atoms with Crippen LogP contribution in [0.15, 0.2) is 156 Å². The van der Waals surface area contributed by atoms with E-state index in [4.69, 9.17) is 14.5 Å². The fourth-order valence-electron chi connectivity index (χ4n) is 12.2. The van der Waals surface area contributed by atoms with Gasteiger partial charge in [0, 0.05) is 81.9 Å². The Balaban J connectivity index is 0.895. The lowest BCUT2D eigenvalue weighted by molar-refractivity contribution is -0.131. The quantitative estimate of drug-likeness (QED) is 0.0602. The number of hydrogen-bond acceptors (Lipinski definition) is 12. The van der Waals surface area contributed by atoms with Crippen LogP contribution in [0.5, 0.6) is 11.5 Å².